The average molecular weight is 400 g/mol. The first kappa shape index (κ1) is 19.0. The highest BCUT2D eigenvalue weighted by molar-refractivity contribution is 7.92. The number of hydrogen-bond donors (Lipinski definition) is 3. The summed E-state index contributed by atoms with van der Waals surface area (Å²) in [6, 6.07) is 13.6. The van der Waals surface area contributed by atoms with Crippen molar-refractivity contribution in [1.29, 1.82) is 0 Å². The number of anilines is 2. The number of aryl methyl sites for hydroxylation is 1. The number of hydrogen-bond acceptors (Lipinski definition) is 4. The van der Waals surface area contributed by atoms with Gasteiger partial charge in [0.05, 0.1) is 10.8 Å². The minimum absolute atomic E-state index is 0.104. The summed E-state index contributed by atoms with van der Waals surface area (Å²) >= 11 is 0. The molecule has 4 atom stereocenters. The molecule has 0 aromatic heterocycles. The van der Waals surface area contributed by atoms with Crippen LogP contribution in [0, 0.1) is 24.7 Å². The summed E-state index contributed by atoms with van der Waals surface area (Å²) in [5, 5.41) is 2.89. The first-order valence-corrected chi connectivity index (χ1v) is 11.1. The lowest BCUT2D eigenvalue weighted by molar-refractivity contribution is -0.121. The number of nitrogens with two attached hydrogens (primary N) is 1. The second-order valence-electron chi connectivity index (χ2n) is 7.88. The Morgan fingerprint density at radius 2 is 1.75 bits per heavy atom. The van der Waals surface area contributed by atoms with Crippen LogP contribution in [0.3, 0.4) is 0 Å². The van der Waals surface area contributed by atoms with Crippen molar-refractivity contribution in [3.8, 4) is 0 Å². The number of fused-ring (bicyclic) bond motifs is 2. The van der Waals surface area contributed by atoms with Crippen LogP contribution >= 0.6 is 0 Å². The lowest BCUT2D eigenvalue weighted by Crippen LogP contribution is -2.42. The molecule has 1 amide bonds. The predicted octanol–water partition coefficient (Wildman–Crippen LogP) is 3.11. The van der Waals surface area contributed by atoms with Crippen LogP contribution < -0.4 is 15.8 Å². The molecule has 148 valence electrons. The van der Waals surface area contributed by atoms with Crippen LogP contribution in [-0.4, -0.2) is 20.4 Å². The van der Waals surface area contributed by atoms with Crippen LogP contribution in [0.1, 0.15) is 24.8 Å². The Bertz CT molecular complexity index is 989. The van der Waals surface area contributed by atoms with Crippen molar-refractivity contribution in [3.05, 3.63) is 54.1 Å². The summed E-state index contributed by atoms with van der Waals surface area (Å²) in [5.74, 6) is 0.476. The highest BCUT2D eigenvalue weighted by Crippen LogP contribution is 2.48. The first-order valence-electron chi connectivity index (χ1n) is 9.60. The molecule has 2 aliphatic rings. The van der Waals surface area contributed by atoms with Crippen LogP contribution in [0.25, 0.3) is 0 Å². The molecular formula is C21H25N3O3S. The summed E-state index contributed by atoms with van der Waals surface area (Å²) in [4.78, 5) is 12.9. The van der Waals surface area contributed by atoms with Gasteiger partial charge in [0.15, 0.2) is 0 Å². The third kappa shape index (κ3) is 3.52. The highest BCUT2D eigenvalue weighted by atomic mass is 32.2. The molecule has 2 aromatic rings. The number of benzene rings is 2. The topological polar surface area (TPSA) is 101 Å². The van der Waals surface area contributed by atoms with Crippen LogP contribution in [-0.2, 0) is 14.8 Å². The van der Waals surface area contributed by atoms with E-state index in [1.165, 1.54) is 6.07 Å². The van der Waals surface area contributed by atoms with E-state index in [4.69, 9.17) is 5.73 Å². The molecule has 0 heterocycles. The molecule has 4 unspecified atom stereocenters. The molecule has 7 heteroatoms. The average Bonchev–Trinajstić information content (AvgIpc) is 3.25. The Morgan fingerprint density at radius 1 is 1.04 bits per heavy atom. The maximum atomic E-state index is 12.8. The fraction of sp³-hybridized carbons (Fsp3) is 0.381. The zero-order chi connectivity index (χ0) is 19.9. The number of carbonyl (C=O) groups excluding carboxylic acids is 1. The van der Waals surface area contributed by atoms with Gasteiger partial charge in [0.2, 0.25) is 5.91 Å². The highest BCUT2D eigenvalue weighted by Gasteiger charge is 2.49. The van der Waals surface area contributed by atoms with Gasteiger partial charge in [-0.15, -0.1) is 0 Å². The van der Waals surface area contributed by atoms with E-state index in [9.17, 15) is 13.2 Å². The van der Waals surface area contributed by atoms with Gasteiger partial charge in [-0.1, -0.05) is 24.3 Å². The Labute approximate surface area is 165 Å². The van der Waals surface area contributed by atoms with E-state index >= 15 is 0 Å². The molecule has 2 aliphatic carbocycles. The van der Waals surface area contributed by atoms with Gasteiger partial charge in [-0.2, -0.15) is 0 Å². The van der Waals surface area contributed by atoms with Crippen molar-refractivity contribution in [3.63, 3.8) is 0 Å². The van der Waals surface area contributed by atoms with Crippen LogP contribution in [0.5, 0.6) is 0 Å². The van der Waals surface area contributed by atoms with Crippen molar-refractivity contribution in [2.75, 3.05) is 10.0 Å². The standard InChI is InChI=1S/C21H25N3O3S/c1-13-7-10-17(23-21(25)19-14-8-9-15(11-14)20(19)22)12-18(13)28(26,27)24-16-5-3-2-4-6-16/h2-7,10,12,14-15,19-20,24H,8-9,11,22H2,1H3,(H,23,25). The maximum absolute atomic E-state index is 12.8. The predicted molar refractivity (Wildman–Crippen MR) is 109 cm³/mol. The molecule has 28 heavy (non-hydrogen) atoms. The lowest BCUT2D eigenvalue weighted by atomic mass is 9.84. The van der Waals surface area contributed by atoms with Gasteiger partial charge in [0, 0.05) is 17.4 Å². The van der Waals surface area contributed by atoms with E-state index in [0.717, 1.165) is 19.3 Å². The minimum atomic E-state index is -3.77. The summed E-state index contributed by atoms with van der Waals surface area (Å²) < 4.78 is 28.2. The summed E-state index contributed by atoms with van der Waals surface area (Å²) in [5.41, 5.74) is 7.83. The number of rotatable bonds is 5. The second-order valence-corrected chi connectivity index (χ2v) is 9.53. The zero-order valence-electron chi connectivity index (χ0n) is 15.8. The molecule has 2 fully saturated rings. The van der Waals surface area contributed by atoms with Crippen molar-refractivity contribution >= 4 is 27.3 Å². The number of nitrogens with one attached hydrogen (secondary N) is 2. The third-order valence-corrected chi connectivity index (χ3v) is 7.58. The van der Waals surface area contributed by atoms with Gasteiger partial charge in [0.25, 0.3) is 10.0 Å². The second kappa shape index (κ2) is 7.22. The number of carbonyl (C=O) groups is 1. The molecule has 2 bridgehead atoms. The van der Waals surface area contributed by atoms with Crippen molar-refractivity contribution in [1.82, 2.24) is 0 Å². The summed E-state index contributed by atoms with van der Waals surface area (Å²) in [6.07, 6.45) is 3.17. The molecule has 0 saturated heterocycles. The number of sulfonamides is 1. The van der Waals surface area contributed by atoms with Crippen molar-refractivity contribution < 1.29 is 13.2 Å². The monoisotopic (exact) mass is 399 g/mol. The quantitative estimate of drug-likeness (QED) is 0.719. The molecule has 2 saturated carbocycles. The molecule has 6 nitrogen and oxygen atoms in total. The van der Waals surface area contributed by atoms with Crippen LogP contribution in [0.4, 0.5) is 11.4 Å². The van der Waals surface area contributed by atoms with E-state index in [-0.39, 0.29) is 22.8 Å². The molecule has 0 spiro atoms. The van der Waals surface area contributed by atoms with E-state index in [1.54, 1.807) is 43.3 Å². The van der Waals surface area contributed by atoms with Gasteiger partial charge in [-0.3, -0.25) is 9.52 Å². The van der Waals surface area contributed by atoms with E-state index < -0.39 is 10.0 Å². The van der Waals surface area contributed by atoms with E-state index in [0.29, 0.717) is 28.8 Å². The third-order valence-electron chi connectivity index (χ3n) is 6.05. The first-order chi connectivity index (χ1) is 13.3. The Kier molecular flexibility index (Phi) is 4.89. The SMILES string of the molecule is Cc1ccc(NC(=O)C2C3CCC(C3)C2N)cc1S(=O)(=O)Nc1ccccc1. The molecule has 4 N–H and O–H groups in total. The van der Waals surface area contributed by atoms with Crippen molar-refractivity contribution in [2.45, 2.75) is 37.1 Å². The molecular weight excluding hydrogens is 374 g/mol. The number of amides is 1. The summed E-state index contributed by atoms with van der Waals surface area (Å²) in [7, 11) is -3.77. The van der Waals surface area contributed by atoms with E-state index in [1.807, 2.05) is 6.07 Å². The van der Waals surface area contributed by atoms with Crippen LogP contribution in [0.2, 0.25) is 0 Å². The zero-order valence-corrected chi connectivity index (χ0v) is 16.6. The fourth-order valence-corrected chi connectivity index (χ4v) is 5.96. The Balaban J connectivity index is 1.55. The normalized spacial score (nSPS) is 26.2. The molecule has 4 rings (SSSR count). The summed E-state index contributed by atoms with van der Waals surface area (Å²) in [6.45, 7) is 1.73. The largest absolute Gasteiger partial charge is 0.327 e. The Hall–Kier alpha value is -2.38. The molecule has 0 radical (unpaired) electrons. The maximum Gasteiger partial charge on any atom is 0.262 e. The Morgan fingerprint density at radius 3 is 2.43 bits per heavy atom. The van der Waals surface area contributed by atoms with Gasteiger partial charge in [-0.05, 0) is 67.9 Å². The molecule has 0 aliphatic heterocycles. The number of para-hydroxylation sites is 1. The minimum Gasteiger partial charge on any atom is -0.327 e. The van der Waals surface area contributed by atoms with Crippen molar-refractivity contribution in [2.24, 2.45) is 23.5 Å². The smallest absolute Gasteiger partial charge is 0.262 e. The molecule has 2 aromatic carbocycles. The van der Waals surface area contributed by atoms with Crippen LogP contribution in [0.15, 0.2) is 53.4 Å². The fourth-order valence-electron chi connectivity index (χ4n) is 4.63. The lowest BCUT2D eigenvalue weighted by Gasteiger charge is -2.27. The van der Waals surface area contributed by atoms with Gasteiger partial charge in [0.1, 0.15) is 0 Å². The van der Waals surface area contributed by atoms with E-state index in [2.05, 4.69) is 10.0 Å². The van der Waals surface area contributed by atoms with Gasteiger partial charge >= 0.3 is 0 Å². The van der Waals surface area contributed by atoms with Gasteiger partial charge < -0.3 is 11.1 Å². The van der Waals surface area contributed by atoms with Gasteiger partial charge in [-0.25, -0.2) is 8.42 Å².